The molecule has 0 saturated carbocycles. The van der Waals surface area contributed by atoms with Crippen LogP contribution in [0.1, 0.15) is 5.82 Å². The second-order valence-corrected chi connectivity index (χ2v) is 5.43. The lowest BCUT2D eigenvalue weighted by atomic mass is 10.3. The van der Waals surface area contributed by atoms with E-state index in [2.05, 4.69) is 9.97 Å². The van der Waals surface area contributed by atoms with Gasteiger partial charge in [-0.1, -0.05) is 29.3 Å². The van der Waals surface area contributed by atoms with Crippen molar-refractivity contribution in [2.75, 3.05) is 5.88 Å². The number of pyridine rings is 1. The number of para-hydroxylation sites is 1. The van der Waals surface area contributed by atoms with Crippen molar-refractivity contribution in [2.45, 2.75) is 6.42 Å². The summed E-state index contributed by atoms with van der Waals surface area (Å²) in [5, 5.41) is 1.15. The molecule has 20 heavy (non-hydrogen) atoms. The molecule has 0 N–H and O–H groups in total. The SMILES string of the molecule is ClCCc1nc2cnccc2n1-c1c(Cl)cccc1Cl. The number of hydrogen-bond donors (Lipinski definition) is 0. The monoisotopic (exact) mass is 325 g/mol. The molecule has 3 rings (SSSR count). The van der Waals surface area contributed by atoms with Crippen LogP contribution in [0.5, 0.6) is 0 Å². The molecule has 2 aromatic heterocycles. The van der Waals surface area contributed by atoms with Gasteiger partial charge in [-0.15, -0.1) is 11.6 Å². The van der Waals surface area contributed by atoms with E-state index in [1.807, 2.05) is 16.7 Å². The third-order valence-corrected chi connectivity index (χ3v) is 3.80. The molecule has 0 bridgehead atoms. The molecule has 0 radical (unpaired) electrons. The highest BCUT2D eigenvalue weighted by molar-refractivity contribution is 6.37. The van der Waals surface area contributed by atoms with Gasteiger partial charge in [0, 0.05) is 18.5 Å². The van der Waals surface area contributed by atoms with Gasteiger partial charge < -0.3 is 0 Å². The van der Waals surface area contributed by atoms with Crippen molar-refractivity contribution in [1.29, 1.82) is 0 Å². The zero-order valence-electron chi connectivity index (χ0n) is 10.4. The Morgan fingerprint density at radius 2 is 1.85 bits per heavy atom. The van der Waals surface area contributed by atoms with Crippen LogP contribution in [0.4, 0.5) is 0 Å². The summed E-state index contributed by atoms with van der Waals surface area (Å²) in [6.07, 6.45) is 4.06. The highest BCUT2D eigenvalue weighted by Crippen LogP contribution is 2.32. The molecular formula is C14H10Cl3N3. The molecule has 0 unspecified atom stereocenters. The van der Waals surface area contributed by atoms with Crippen LogP contribution < -0.4 is 0 Å². The van der Waals surface area contributed by atoms with Gasteiger partial charge in [0.25, 0.3) is 0 Å². The zero-order chi connectivity index (χ0) is 14.1. The Bertz CT molecular complexity index is 747. The molecule has 0 amide bonds. The normalized spacial score (nSPS) is 11.2. The summed E-state index contributed by atoms with van der Waals surface area (Å²) < 4.78 is 1.95. The fraction of sp³-hybridized carbons (Fsp3) is 0.143. The van der Waals surface area contributed by atoms with Crippen LogP contribution in [0.2, 0.25) is 10.0 Å². The Kier molecular flexibility index (Phi) is 3.83. The molecule has 0 saturated heterocycles. The lowest BCUT2D eigenvalue weighted by molar-refractivity contribution is 0.912. The minimum Gasteiger partial charge on any atom is -0.293 e. The number of imidazole rings is 1. The third-order valence-electron chi connectivity index (χ3n) is 3.01. The Morgan fingerprint density at radius 1 is 1.10 bits per heavy atom. The van der Waals surface area contributed by atoms with Crippen LogP contribution in [-0.2, 0) is 6.42 Å². The lowest BCUT2D eigenvalue weighted by Gasteiger charge is -2.12. The average molecular weight is 327 g/mol. The predicted molar refractivity (Wildman–Crippen MR) is 83.3 cm³/mol. The maximum absolute atomic E-state index is 6.31. The second kappa shape index (κ2) is 5.60. The van der Waals surface area contributed by atoms with Gasteiger partial charge in [-0.3, -0.25) is 9.55 Å². The van der Waals surface area contributed by atoms with E-state index in [4.69, 9.17) is 34.8 Å². The van der Waals surface area contributed by atoms with Gasteiger partial charge in [-0.05, 0) is 18.2 Å². The summed E-state index contributed by atoms with van der Waals surface area (Å²) in [4.78, 5) is 8.65. The van der Waals surface area contributed by atoms with Crippen LogP contribution in [-0.4, -0.2) is 20.4 Å². The molecule has 102 valence electrons. The second-order valence-electron chi connectivity index (χ2n) is 4.24. The van der Waals surface area contributed by atoms with E-state index >= 15 is 0 Å². The van der Waals surface area contributed by atoms with Crippen molar-refractivity contribution in [1.82, 2.24) is 14.5 Å². The number of nitrogens with zero attached hydrogens (tertiary/aromatic N) is 3. The van der Waals surface area contributed by atoms with Crippen LogP contribution in [0.3, 0.4) is 0 Å². The Labute approximate surface area is 131 Å². The topological polar surface area (TPSA) is 30.7 Å². The first kappa shape index (κ1) is 13.7. The molecule has 2 heterocycles. The molecule has 3 nitrogen and oxygen atoms in total. The Balaban J connectivity index is 2.36. The van der Waals surface area contributed by atoms with Crippen molar-refractivity contribution >= 4 is 45.8 Å². The smallest absolute Gasteiger partial charge is 0.115 e. The molecule has 0 spiro atoms. The first-order valence-corrected chi connectivity index (χ1v) is 7.33. The largest absolute Gasteiger partial charge is 0.293 e. The van der Waals surface area contributed by atoms with E-state index in [1.54, 1.807) is 24.5 Å². The fourth-order valence-corrected chi connectivity index (χ4v) is 2.92. The summed E-state index contributed by atoms with van der Waals surface area (Å²) in [5.74, 6) is 1.29. The van der Waals surface area contributed by atoms with E-state index in [-0.39, 0.29) is 0 Å². The van der Waals surface area contributed by atoms with Gasteiger partial charge in [0.05, 0.1) is 27.4 Å². The molecule has 0 fully saturated rings. The van der Waals surface area contributed by atoms with Crippen molar-refractivity contribution in [3.8, 4) is 5.69 Å². The van der Waals surface area contributed by atoms with Crippen molar-refractivity contribution in [3.05, 3.63) is 52.5 Å². The standard InChI is InChI=1S/C14H10Cl3N3/c15-6-4-13-19-11-8-18-7-5-12(11)20(13)14-9(16)2-1-3-10(14)17/h1-3,5,7-8H,4,6H2. The Hall–Kier alpha value is -1.29. The molecular weight excluding hydrogens is 317 g/mol. The summed E-state index contributed by atoms with van der Waals surface area (Å²) in [6.45, 7) is 0. The van der Waals surface area contributed by atoms with Gasteiger partial charge in [0.1, 0.15) is 11.3 Å². The summed E-state index contributed by atoms with van der Waals surface area (Å²) in [5.41, 5.74) is 2.43. The summed E-state index contributed by atoms with van der Waals surface area (Å²) in [7, 11) is 0. The summed E-state index contributed by atoms with van der Waals surface area (Å²) >= 11 is 18.5. The molecule has 1 aromatic carbocycles. The lowest BCUT2D eigenvalue weighted by Crippen LogP contribution is -2.03. The number of rotatable bonds is 3. The van der Waals surface area contributed by atoms with Crippen LogP contribution in [0.15, 0.2) is 36.7 Å². The van der Waals surface area contributed by atoms with Crippen LogP contribution >= 0.6 is 34.8 Å². The predicted octanol–water partition coefficient (Wildman–Crippen LogP) is 4.51. The number of alkyl halides is 1. The molecule has 0 aliphatic rings. The van der Waals surface area contributed by atoms with E-state index in [1.165, 1.54) is 0 Å². The van der Waals surface area contributed by atoms with Gasteiger partial charge >= 0.3 is 0 Å². The number of hydrogen-bond acceptors (Lipinski definition) is 2. The zero-order valence-corrected chi connectivity index (χ0v) is 12.6. The number of aryl methyl sites for hydroxylation is 1. The fourth-order valence-electron chi connectivity index (χ4n) is 2.19. The van der Waals surface area contributed by atoms with E-state index in [9.17, 15) is 0 Å². The van der Waals surface area contributed by atoms with Gasteiger partial charge in [-0.2, -0.15) is 0 Å². The number of halogens is 3. The quantitative estimate of drug-likeness (QED) is 0.663. The van der Waals surface area contributed by atoms with E-state index < -0.39 is 0 Å². The van der Waals surface area contributed by atoms with Crippen LogP contribution in [0, 0.1) is 0 Å². The molecule has 6 heteroatoms. The highest BCUT2D eigenvalue weighted by Gasteiger charge is 2.16. The molecule has 0 aliphatic carbocycles. The van der Waals surface area contributed by atoms with Gasteiger partial charge in [-0.25, -0.2) is 4.98 Å². The number of benzene rings is 1. The Morgan fingerprint density at radius 3 is 2.55 bits per heavy atom. The average Bonchev–Trinajstić information content (AvgIpc) is 2.78. The summed E-state index contributed by atoms with van der Waals surface area (Å²) in [6, 6.07) is 7.32. The van der Waals surface area contributed by atoms with Crippen LogP contribution in [0.25, 0.3) is 16.7 Å². The first-order valence-electron chi connectivity index (χ1n) is 6.04. The van der Waals surface area contributed by atoms with E-state index in [0.29, 0.717) is 22.3 Å². The van der Waals surface area contributed by atoms with E-state index in [0.717, 1.165) is 22.5 Å². The number of aromatic nitrogens is 3. The maximum atomic E-state index is 6.31. The minimum absolute atomic E-state index is 0.471. The molecule has 3 aromatic rings. The van der Waals surface area contributed by atoms with Gasteiger partial charge in [0.2, 0.25) is 0 Å². The highest BCUT2D eigenvalue weighted by atomic mass is 35.5. The minimum atomic E-state index is 0.471. The molecule has 0 atom stereocenters. The van der Waals surface area contributed by atoms with Crippen molar-refractivity contribution in [2.24, 2.45) is 0 Å². The maximum Gasteiger partial charge on any atom is 0.115 e. The first-order chi connectivity index (χ1) is 9.72. The molecule has 0 aliphatic heterocycles. The van der Waals surface area contributed by atoms with Crippen molar-refractivity contribution < 1.29 is 0 Å². The number of fused-ring (bicyclic) bond motifs is 1. The van der Waals surface area contributed by atoms with Gasteiger partial charge in [0.15, 0.2) is 0 Å². The van der Waals surface area contributed by atoms with Crippen molar-refractivity contribution in [3.63, 3.8) is 0 Å². The third kappa shape index (κ3) is 2.26.